The molecule has 0 unspecified atom stereocenters. The third kappa shape index (κ3) is 7.56. The number of hydrogen-bond donors (Lipinski definition) is 3. The molecule has 0 fully saturated rings. The quantitative estimate of drug-likeness (QED) is 0.148. The molecular weight excluding hydrogens is 645 g/mol. The van der Waals surface area contributed by atoms with Gasteiger partial charge in [0.05, 0.1) is 12.7 Å². The first-order valence-corrected chi connectivity index (χ1v) is 16.5. The van der Waals surface area contributed by atoms with E-state index in [1.807, 2.05) is 44.2 Å². The molecule has 0 radical (unpaired) electrons. The maximum Gasteiger partial charge on any atom is 0.347 e. The van der Waals surface area contributed by atoms with E-state index >= 15 is 0 Å². The lowest BCUT2D eigenvalue weighted by molar-refractivity contribution is -0.121. The van der Waals surface area contributed by atoms with Gasteiger partial charge in [-0.15, -0.1) is 0 Å². The summed E-state index contributed by atoms with van der Waals surface area (Å²) in [6.45, 7) is 5.45. The minimum absolute atomic E-state index is 0.0126. The number of pyridine rings is 2. The van der Waals surface area contributed by atoms with Crippen LogP contribution in [0, 0.1) is 5.82 Å². The molecule has 4 aromatic heterocycles. The van der Waals surface area contributed by atoms with Crippen molar-refractivity contribution in [3.05, 3.63) is 104 Å². The number of hydrogen-bond acceptors (Lipinski definition) is 9. The molecule has 2 amide bonds. The van der Waals surface area contributed by atoms with Crippen molar-refractivity contribution < 1.29 is 18.7 Å². The number of halogens is 1. The topological polar surface area (TPSA) is 169 Å². The predicted octanol–water partition coefficient (Wildman–Crippen LogP) is 3.51. The van der Waals surface area contributed by atoms with E-state index in [2.05, 4.69) is 30.8 Å². The van der Waals surface area contributed by atoms with E-state index in [4.69, 9.17) is 4.74 Å². The number of amides is 2. The standard InChI is InChI=1S/C35H38FN9O5/c1-22(2)43-15-16-44-25(17-27(46)31(30(44)34(43)48)50-21-23-9-5-3-6-10-23)18-38-29(47)11-7-4-8-14-37-33-26(36)19-39-32(40-33)24-12-13-28-41-42-35(49)45(28)20-24/h3,5-6,9-10,12-13,17,19-20,22H,4,7-8,11,14-16,18,21H2,1-2H3,(H,38,47)(H,42,49)(H,37,39,40). The minimum Gasteiger partial charge on any atom is -0.483 e. The molecule has 260 valence electrons. The molecule has 6 rings (SSSR count). The average molecular weight is 684 g/mol. The first-order valence-electron chi connectivity index (χ1n) is 16.5. The van der Waals surface area contributed by atoms with Crippen LogP contribution in [0.25, 0.3) is 17.0 Å². The number of H-pyrrole nitrogens is 1. The molecule has 1 aliphatic heterocycles. The Balaban J connectivity index is 1.01. The van der Waals surface area contributed by atoms with Crippen molar-refractivity contribution >= 4 is 23.3 Å². The van der Waals surface area contributed by atoms with Crippen molar-refractivity contribution in [1.29, 1.82) is 0 Å². The summed E-state index contributed by atoms with van der Waals surface area (Å²) >= 11 is 0. The van der Waals surface area contributed by atoms with Crippen LogP contribution in [0.15, 0.2) is 70.5 Å². The fourth-order valence-electron chi connectivity index (χ4n) is 5.84. The van der Waals surface area contributed by atoms with Gasteiger partial charge in [-0.25, -0.2) is 28.7 Å². The Morgan fingerprint density at radius 1 is 1.06 bits per heavy atom. The molecule has 0 saturated carbocycles. The highest BCUT2D eigenvalue weighted by atomic mass is 19.1. The lowest BCUT2D eigenvalue weighted by Gasteiger charge is -2.35. The molecule has 5 aromatic rings. The first kappa shape index (κ1) is 34.0. The van der Waals surface area contributed by atoms with Crippen molar-refractivity contribution in [2.75, 3.05) is 18.4 Å². The summed E-state index contributed by atoms with van der Waals surface area (Å²) in [7, 11) is 0. The largest absolute Gasteiger partial charge is 0.483 e. The second-order valence-electron chi connectivity index (χ2n) is 12.3. The molecule has 0 saturated heterocycles. The Hall–Kier alpha value is -5.86. The van der Waals surface area contributed by atoms with Crippen molar-refractivity contribution in [3.63, 3.8) is 0 Å². The van der Waals surface area contributed by atoms with E-state index in [0.29, 0.717) is 55.8 Å². The summed E-state index contributed by atoms with van der Waals surface area (Å²) in [5, 5.41) is 12.1. The number of carbonyl (C=O) groups excluding carboxylic acids is 2. The lowest BCUT2D eigenvalue weighted by Crippen LogP contribution is -2.46. The van der Waals surface area contributed by atoms with E-state index in [9.17, 15) is 23.6 Å². The number of carbonyl (C=O) groups is 2. The zero-order valence-corrected chi connectivity index (χ0v) is 27.8. The summed E-state index contributed by atoms with van der Waals surface area (Å²) in [5.41, 5.74) is 1.76. The minimum atomic E-state index is -0.606. The van der Waals surface area contributed by atoms with Crippen LogP contribution in [0.5, 0.6) is 5.75 Å². The number of nitrogens with one attached hydrogen (secondary N) is 3. The summed E-state index contributed by atoms with van der Waals surface area (Å²) in [6, 6.07) is 14.1. The summed E-state index contributed by atoms with van der Waals surface area (Å²) < 4.78 is 23.5. The van der Waals surface area contributed by atoms with Crippen LogP contribution < -0.4 is 26.5 Å². The normalized spacial score (nSPS) is 12.7. The van der Waals surface area contributed by atoms with Gasteiger partial charge in [0.15, 0.2) is 34.6 Å². The third-order valence-corrected chi connectivity index (χ3v) is 8.48. The number of unbranched alkanes of at least 4 members (excludes halogenated alkanes) is 2. The van der Waals surface area contributed by atoms with E-state index < -0.39 is 16.9 Å². The first-order chi connectivity index (χ1) is 24.2. The molecule has 5 heterocycles. The average Bonchev–Trinajstić information content (AvgIpc) is 3.49. The molecule has 1 aromatic carbocycles. The van der Waals surface area contributed by atoms with Crippen LogP contribution in [0.1, 0.15) is 61.3 Å². The van der Waals surface area contributed by atoms with E-state index in [1.54, 1.807) is 21.6 Å². The van der Waals surface area contributed by atoms with Gasteiger partial charge in [0, 0.05) is 55.6 Å². The molecule has 14 nitrogen and oxygen atoms in total. The second-order valence-corrected chi connectivity index (χ2v) is 12.3. The number of aromatic amines is 1. The van der Waals surface area contributed by atoms with Crippen molar-refractivity contribution in [3.8, 4) is 17.1 Å². The van der Waals surface area contributed by atoms with Crippen LogP contribution in [0.4, 0.5) is 10.2 Å². The Kier molecular flexibility index (Phi) is 10.3. The number of nitrogens with zero attached hydrogens (tertiary/aromatic N) is 6. The van der Waals surface area contributed by atoms with Gasteiger partial charge in [-0.05, 0) is 44.4 Å². The Morgan fingerprint density at radius 2 is 1.88 bits per heavy atom. The van der Waals surface area contributed by atoms with Gasteiger partial charge >= 0.3 is 5.69 Å². The fraction of sp³-hybridized carbons (Fsp3) is 0.343. The Morgan fingerprint density at radius 3 is 2.68 bits per heavy atom. The van der Waals surface area contributed by atoms with Gasteiger partial charge in [-0.2, -0.15) is 5.10 Å². The lowest BCUT2D eigenvalue weighted by atomic mass is 10.1. The second kappa shape index (κ2) is 15.1. The monoisotopic (exact) mass is 683 g/mol. The highest BCUT2D eigenvalue weighted by molar-refractivity contribution is 5.96. The number of benzene rings is 1. The van der Waals surface area contributed by atoms with Crippen molar-refractivity contribution in [2.24, 2.45) is 0 Å². The van der Waals surface area contributed by atoms with E-state index in [0.717, 1.165) is 11.8 Å². The predicted molar refractivity (Wildman–Crippen MR) is 183 cm³/mol. The molecular formula is C35H38FN9O5. The summed E-state index contributed by atoms with van der Waals surface area (Å²) in [6.07, 6.45) is 4.82. The van der Waals surface area contributed by atoms with Gasteiger partial charge in [0.2, 0.25) is 11.3 Å². The van der Waals surface area contributed by atoms with Crippen LogP contribution in [-0.2, 0) is 24.5 Å². The van der Waals surface area contributed by atoms with Gasteiger partial charge in [0.25, 0.3) is 5.91 Å². The molecule has 50 heavy (non-hydrogen) atoms. The Labute approximate surface area is 286 Å². The molecule has 1 aliphatic rings. The zero-order valence-electron chi connectivity index (χ0n) is 27.8. The summed E-state index contributed by atoms with van der Waals surface area (Å²) in [5.74, 6) is -0.768. The van der Waals surface area contributed by atoms with Gasteiger partial charge in [-0.1, -0.05) is 36.8 Å². The van der Waals surface area contributed by atoms with Gasteiger partial charge < -0.3 is 24.8 Å². The number of aromatic nitrogens is 6. The summed E-state index contributed by atoms with van der Waals surface area (Å²) in [4.78, 5) is 61.5. The van der Waals surface area contributed by atoms with Crippen LogP contribution in [-0.4, -0.2) is 65.0 Å². The van der Waals surface area contributed by atoms with E-state index in [1.165, 1.54) is 16.7 Å². The highest BCUT2D eigenvalue weighted by Crippen LogP contribution is 2.25. The van der Waals surface area contributed by atoms with E-state index in [-0.39, 0.29) is 60.5 Å². The molecule has 0 spiro atoms. The molecule has 0 aliphatic carbocycles. The number of ether oxygens (including phenoxy) is 1. The number of fused-ring (bicyclic) bond motifs is 2. The smallest absolute Gasteiger partial charge is 0.347 e. The maximum atomic E-state index is 14.4. The molecule has 15 heteroatoms. The van der Waals surface area contributed by atoms with Crippen LogP contribution in [0.2, 0.25) is 0 Å². The molecule has 0 bridgehead atoms. The van der Waals surface area contributed by atoms with Crippen molar-refractivity contribution in [2.45, 2.75) is 65.3 Å². The number of rotatable bonds is 14. The maximum absolute atomic E-state index is 14.4. The van der Waals surface area contributed by atoms with Gasteiger partial charge in [0.1, 0.15) is 6.61 Å². The van der Waals surface area contributed by atoms with Gasteiger partial charge in [-0.3, -0.25) is 14.4 Å². The number of anilines is 1. The van der Waals surface area contributed by atoms with Crippen molar-refractivity contribution in [1.82, 2.24) is 39.3 Å². The zero-order chi connectivity index (χ0) is 35.2. The van der Waals surface area contributed by atoms with Crippen LogP contribution >= 0.6 is 0 Å². The third-order valence-electron chi connectivity index (χ3n) is 8.48. The highest BCUT2D eigenvalue weighted by Gasteiger charge is 2.32. The Bertz CT molecular complexity index is 2130. The fourth-order valence-corrected chi connectivity index (χ4v) is 5.84. The SMILES string of the molecule is CC(C)N1CCn2c(CNC(=O)CCCCCNc3nc(-c4ccc5n[nH]c(=O)n5c4)ncc3F)cc(=O)c(OCc3ccccc3)c2C1=O. The van der Waals surface area contributed by atoms with Crippen LogP contribution in [0.3, 0.4) is 0 Å². The molecule has 3 N–H and O–H groups in total. The molecule has 0 atom stereocenters.